The Morgan fingerprint density at radius 2 is 2.13 bits per heavy atom. The van der Waals surface area contributed by atoms with E-state index in [0.29, 0.717) is 16.8 Å². The van der Waals surface area contributed by atoms with E-state index in [1.54, 1.807) is 12.1 Å². The summed E-state index contributed by atoms with van der Waals surface area (Å²) in [5, 5.41) is 2.82. The van der Waals surface area contributed by atoms with Gasteiger partial charge in [0.15, 0.2) is 10.4 Å². The molecule has 1 aromatic carbocycles. The number of fused-ring (bicyclic) bond motifs is 1. The van der Waals surface area contributed by atoms with E-state index < -0.39 is 0 Å². The summed E-state index contributed by atoms with van der Waals surface area (Å²) in [5.41, 5.74) is 2.73. The van der Waals surface area contributed by atoms with Crippen molar-refractivity contribution in [1.82, 2.24) is 0 Å². The average Bonchev–Trinajstić information content (AvgIpc) is 3.00. The lowest BCUT2D eigenvalue weighted by atomic mass is 10.0. The molecule has 1 N–H and O–H groups in total. The van der Waals surface area contributed by atoms with Gasteiger partial charge in [0, 0.05) is 24.3 Å². The highest BCUT2D eigenvalue weighted by atomic mass is 79.9. The number of benzene rings is 1. The molecule has 23 heavy (non-hydrogen) atoms. The Hall–Kier alpha value is -2.08. The van der Waals surface area contributed by atoms with Crippen molar-refractivity contribution in [3.8, 4) is 0 Å². The van der Waals surface area contributed by atoms with E-state index in [1.165, 1.54) is 0 Å². The quantitative estimate of drug-likeness (QED) is 0.880. The van der Waals surface area contributed by atoms with E-state index in [9.17, 15) is 9.59 Å². The monoisotopic (exact) mass is 376 g/mol. The largest absolute Gasteiger partial charge is 0.444 e. The third kappa shape index (κ3) is 3.32. The molecule has 0 saturated heterocycles. The number of furan rings is 1. The van der Waals surface area contributed by atoms with Crippen LogP contribution in [0.3, 0.4) is 0 Å². The first-order valence-corrected chi connectivity index (χ1v) is 8.37. The molecule has 0 spiro atoms. The molecule has 0 aliphatic carbocycles. The predicted molar refractivity (Wildman–Crippen MR) is 91.8 cm³/mol. The van der Waals surface area contributed by atoms with Gasteiger partial charge in [-0.25, -0.2) is 0 Å². The number of halogens is 1. The van der Waals surface area contributed by atoms with Crippen LogP contribution in [0.5, 0.6) is 0 Å². The fourth-order valence-corrected chi connectivity index (χ4v) is 3.06. The van der Waals surface area contributed by atoms with E-state index in [2.05, 4.69) is 21.2 Å². The van der Waals surface area contributed by atoms with Gasteiger partial charge >= 0.3 is 0 Å². The van der Waals surface area contributed by atoms with E-state index in [-0.39, 0.29) is 17.6 Å². The highest BCUT2D eigenvalue weighted by Crippen LogP contribution is 2.30. The van der Waals surface area contributed by atoms with Gasteiger partial charge < -0.3 is 14.6 Å². The minimum Gasteiger partial charge on any atom is -0.444 e. The highest BCUT2D eigenvalue weighted by Gasteiger charge is 2.22. The maximum absolute atomic E-state index is 12.1. The Morgan fingerprint density at radius 1 is 1.30 bits per heavy atom. The second-order valence-corrected chi connectivity index (χ2v) is 6.19. The number of carbonyl (C=O) groups excluding carboxylic acids is 2. The Kier molecular flexibility index (Phi) is 4.52. The van der Waals surface area contributed by atoms with E-state index in [4.69, 9.17) is 4.42 Å². The molecule has 3 rings (SSSR count). The van der Waals surface area contributed by atoms with Gasteiger partial charge in [-0.05, 0) is 64.7 Å². The Bertz CT molecular complexity index is 754. The van der Waals surface area contributed by atoms with Crippen LogP contribution in [0.1, 0.15) is 35.9 Å². The standard InChI is InChI=1S/C17H17BrN2O3/c1-2-16(21)20-9-3-4-11-10-12(5-6-13(11)20)19-17(22)14-7-8-15(18)23-14/h5-8,10H,2-4,9H2,1H3,(H,19,22). The van der Waals surface area contributed by atoms with Crippen molar-refractivity contribution in [1.29, 1.82) is 0 Å². The second kappa shape index (κ2) is 6.58. The van der Waals surface area contributed by atoms with Crippen molar-refractivity contribution in [2.75, 3.05) is 16.8 Å². The molecule has 2 amide bonds. The number of nitrogens with zero attached hydrogens (tertiary/aromatic N) is 1. The molecule has 0 bridgehead atoms. The summed E-state index contributed by atoms with van der Waals surface area (Å²) >= 11 is 3.18. The van der Waals surface area contributed by atoms with Crippen molar-refractivity contribution in [2.45, 2.75) is 26.2 Å². The van der Waals surface area contributed by atoms with Crippen molar-refractivity contribution in [3.05, 3.63) is 46.3 Å². The normalized spacial score (nSPS) is 13.6. The van der Waals surface area contributed by atoms with Crippen LogP contribution < -0.4 is 10.2 Å². The molecule has 2 aromatic rings. The fraction of sp³-hybridized carbons (Fsp3) is 0.294. The number of carbonyl (C=O) groups is 2. The Morgan fingerprint density at radius 3 is 2.83 bits per heavy atom. The van der Waals surface area contributed by atoms with Crippen molar-refractivity contribution in [2.24, 2.45) is 0 Å². The molecular weight excluding hydrogens is 360 g/mol. The smallest absolute Gasteiger partial charge is 0.291 e. The number of amides is 2. The molecule has 120 valence electrons. The molecular formula is C17H17BrN2O3. The first-order chi connectivity index (χ1) is 11.1. The summed E-state index contributed by atoms with van der Waals surface area (Å²) in [5.74, 6) is 0.0773. The van der Waals surface area contributed by atoms with Crippen molar-refractivity contribution < 1.29 is 14.0 Å². The highest BCUT2D eigenvalue weighted by molar-refractivity contribution is 9.10. The maximum Gasteiger partial charge on any atom is 0.291 e. The number of hydrogen-bond acceptors (Lipinski definition) is 3. The summed E-state index contributed by atoms with van der Waals surface area (Å²) in [6, 6.07) is 8.93. The van der Waals surface area contributed by atoms with Gasteiger partial charge in [0.1, 0.15) is 0 Å². The summed E-state index contributed by atoms with van der Waals surface area (Å²) in [6.45, 7) is 2.62. The van der Waals surface area contributed by atoms with Crippen LogP contribution in [0.15, 0.2) is 39.4 Å². The molecule has 1 aliphatic heterocycles. The topological polar surface area (TPSA) is 62.6 Å². The predicted octanol–water partition coefficient (Wildman–Crippen LogP) is 3.98. The van der Waals surface area contributed by atoms with Gasteiger partial charge in [-0.3, -0.25) is 9.59 Å². The number of hydrogen-bond donors (Lipinski definition) is 1. The van der Waals surface area contributed by atoms with Crippen molar-refractivity contribution >= 4 is 39.1 Å². The summed E-state index contributed by atoms with van der Waals surface area (Å²) in [6.07, 6.45) is 2.32. The van der Waals surface area contributed by atoms with E-state index in [1.807, 2.05) is 30.0 Å². The minimum absolute atomic E-state index is 0.128. The van der Waals surface area contributed by atoms with Gasteiger partial charge in [-0.15, -0.1) is 0 Å². The molecule has 1 aliphatic rings. The molecule has 5 nitrogen and oxygen atoms in total. The molecule has 0 radical (unpaired) electrons. The summed E-state index contributed by atoms with van der Waals surface area (Å²) in [7, 11) is 0. The zero-order chi connectivity index (χ0) is 16.4. The average molecular weight is 377 g/mol. The molecule has 0 atom stereocenters. The van der Waals surface area contributed by atoms with Gasteiger partial charge in [-0.2, -0.15) is 0 Å². The molecule has 0 saturated carbocycles. The third-order valence-corrected chi connectivity index (χ3v) is 4.28. The van der Waals surface area contributed by atoms with Gasteiger partial charge in [-0.1, -0.05) is 6.92 Å². The molecule has 6 heteroatoms. The Labute approximate surface area is 142 Å². The third-order valence-electron chi connectivity index (χ3n) is 3.86. The first-order valence-electron chi connectivity index (χ1n) is 7.58. The minimum atomic E-state index is -0.298. The second-order valence-electron chi connectivity index (χ2n) is 5.40. The van der Waals surface area contributed by atoms with E-state index in [0.717, 1.165) is 30.6 Å². The van der Waals surface area contributed by atoms with Crippen LogP contribution >= 0.6 is 15.9 Å². The Balaban J connectivity index is 1.81. The van der Waals surface area contributed by atoms with Crippen LogP contribution in [0.25, 0.3) is 0 Å². The van der Waals surface area contributed by atoms with Crippen LogP contribution in [0.2, 0.25) is 0 Å². The molecule has 1 aromatic heterocycles. The molecule has 0 unspecified atom stereocenters. The zero-order valence-electron chi connectivity index (χ0n) is 12.8. The number of rotatable bonds is 3. The zero-order valence-corrected chi connectivity index (χ0v) is 14.4. The van der Waals surface area contributed by atoms with E-state index >= 15 is 0 Å². The lowest BCUT2D eigenvalue weighted by Crippen LogP contribution is -2.34. The van der Waals surface area contributed by atoms with Crippen LogP contribution in [-0.2, 0) is 11.2 Å². The SMILES string of the molecule is CCC(=O)N1CCCc2cc(NC(=O)c3ccc(Br)o3)ccc21. The van der Waals surface area contributed by atoms with Crippen LogP contribution in [0.4, 0.5) is 11.4 Å². The van der Waals surface area contributed by atoms with Gasteiger partial charge in [0.25, 0.3) is 5.91 Å². The van der Waals surface area contributed by atoms with Gasteiger partial charge in [0.2, 0.25) is 5.91 Å². The van der Waals surface area contributed by atoms with Crippen molar-refractivity contribution in [3.63, 3.8) is 0 Å². The maximum atomic E-state index is 12.1. The van der Waals surface area contributed by atoms with Gasteiger partial charge in [0.05, 0.1) is 0 Å². The number of nitrogens with one attached hydrogen (secondary N) is 1. The lowest BCUT2D eigenvalue weighted by molar-refractivity contribution is -0.118. The number of aryl methyl sites for hydroxylation is 1. The summed E-state index contributed by atoms with van der Waals surface area (Å²) in [4.78, 5) is 26.0. The fourth-order valence-electron chi connectivity index (χ4n) is 2.75. The summed E-state index contributed by atoms with van der Waals surface area (Å²) < 4.78 is 5.76. The van der Waals surface area contributed by atoms with Crippen LogP contribution in [0, 0.1) is 0 Å². The number of anilines is 2. The molecule has 2 heterocycles. The molecule has 0 fully saturated rings. The lowest BCUT2D eigenvalue weighted by Gasteiger charge is -2.29. The first kappa shape index (κ1) is 15.8. The van der Waals surface area contributed by atoms with Crippen LogP contribution in [-0.4, -0.2) is 18.4 Å².